The number of phenolic OH excluding ortho intramolecular Hbond substituents is 1. The van der Waals surface area contributed by atoms with Crippen molar-refractivity contribution < 1.29 is 34.8 Å². The maximum absolute atomic E-state index is 11.1. The first kappa shape index (κ1) is 25.1. The van der Waals surface area contributed by atoms with E-state index >= 15 is 0 Å². The van der Waals surface area contributed by atoms with Crippen LogP contribution in [0.15, 0.2) is 41.6 Å². The quantitative estimate of drug-likeness (QED) is 0.296. The van der Waals surface area contributed by atoms with E-state index < -0.39 is 40.3 Å². The Morgan fingerprint density at radius 1 is 1.22 bits per heavy atom. The first-order chi connectivity index (χ1) is 11.8. The number of nitrogens with zero attached hydrogens (tertiary/aromatic N) is 1. The number of hydrogen-bond donors (Lipinski definition) is 5. The third kappa shape index (κ3) is 7.71. The Morgan fingerprint density at radius 3 is 2.22 bits per heavy atom. The number of aryl methyl sites for hydroxylation is 1. The van der Waals surface area contributed by atoms with Gasteiger partial charge in [-0.25, -0.2) is 0 Å². The van der Waals surface area contributed by atoms with Gasteiger partial charge in [-0.05, 0) is 18.6 Å². The number of nitrogens with one attached hydrogen (secondary N) is 1. The molecule has 0 unspecified atom stereocenters. The Morgan fingerprint density at radius 2 is 1.81 bits per heavy atom. The van der Waals surface area contributed by atoms with Crippen LogP contribution >= 0.6 is 12.4 Å². The van der Waals surface area contributed by atoms with Crippen LogP contribution in [0.5, 0.6) is 5.75 Å². The predicted molar refractivity (Wildman–Crippen MR) is 99.0 cm³/mol. The molecule has 0 spiro atoms. The molecule has 0 radical (unpaired) electrons. The third-order valence-corrected chi connectivity index (χ3v) is 6.08. The molecule has 0 aliphatic heterocycles. The van der Waals surface area contributed by atoms with Crippen molar-refractivity contribution in [2.45, 2.75) is 18.7 Å². The van der Waals surface area contributed by atoms with Gasteiger partial charge in [0.15, 0.2) is 0 Å². The van der Waals surface area contributed by atoms with Gasteiger partial charge in [-0.2, -0.15) is 8.42 Å². The van der Waals surface area contributed by atoms with E-state index in [9.17, 15) is 22.1 Å². The van der Waals surface area contributed by atoms with E-state index in [1.807, 2.05) is 0 Å². The number of rotatable bonds is 3. The van der Waals surface area contributed by atoms with Crippen LogP contribution in [0.1, 0.15) is 12.5 Å². The second-order valence-electron chi connectivity index (χ2n) is 5.01. The molecular formula is C14H18AsClN2O8S. The summed E-state index contributed by atoms with van der Waals surface area (Å²) in [6, 6.07) is 5.37. The number of aromatic nitrogens is 1. The number of halogens is 1. The van der Waals surface area contributed by atoms with E-state index in [0.29, 0.717) is 5.56 Å². The normalized spacial score (nSPS) is 10.9. The molecule has 13 heteroatoms. The van der Waals surface area contributed by atoms with Crippen molar-refractivity contribution in [3.8, 4) is 5.75 Å². The number of pyridine rings is 1. The van der Waals surface area contributed by atoms with Crippen LogP contribution in [-0.4, -0.2) is 51.3 Å². The van der Waals surface area contributed by atoms with Crippen molar-refractivity contribution in [2.75, 3.05) is 5.32 Å². The van der Waals surface area contributed by atoms with Crippen molar-refractivity contribution >= 4 is 52.6 Å². The van der Waals surface area contributed by atoms with Gasteiger partial charge in [-0.3, -0.25) is 9.54 Å². The molecule has 0 bridgehead atoms. The SMILES string of the molecule is CC(=O)Nc1cccc(O)c1[As](=O)(O)O.Cc1ccncc1S(=O)(=O)O.Cl. The summed E-state index contributed by atoms with van der Waals surface area (Å²) in [5, 5.41) is 11.6. The van der Waals surface area contributed by atoms with Crippen molar-refractivity contribution in [2.24, 2.45) is 0 Å². The molecule has 1 aromatic carbocycles. The van der Waals surface area contributed by atoms with Gasteiger partial charge in [0.1, 0.15) is 4.90 Å². The van der Waals surface area contributed by atoms with Crippen LogP contribution in [0.2, 0.25) is 0 Å². The molecule has 1 amide bonds. The number of carbonyl (C=O) groups is 1. The van der Waals surface area contributed by atoms with Crippen molar-refractivity contribution in [1.82, 2.24) is 4.98 Å². The fourth-order valence-corrected chi connectivity index (χ4v) is 4.23. The van der Waals surface area contributed by atoms with Gasteiger partial charge in [-0.1, -0.05) is 0 Å². The number of benzene rings is 1. The molecule has 0 atom stereocenters. The van der Waals surface area contributed by atoms with Crippen LogP contribution in [0.3, 0.4) is 0 Å². The fraction of sp³-hybridized carbons (Fsp3) is 0.143. The monoisotopic (exact) mass is 484 g/mol. The number of anilines is 1. The first-order valence-electron chi connectivity index (χ1n) is 6.88. The number of amides is 1. The molecule has 150 valence electrons. The predicted octanol–water partition coefficient (Wildman–Crippen LogP) is -0.0299. The smallest absolute Gasteiger partial charge is 0.282 e. The van der Waals surface area contributed by atoms with Crippen molar-refractivity contribution in [3.63, 3.8) is 0 Å². The van der Waals surface area contributed by atoms with Crippen LogP contribution in [0.25, 0.3) is 0 Å². The fourth-order valence-electron chi connectivity index (χ4n) is 1.85. The average molecular weight is 485 g/mol. The summed E-state index contributed by atoms with van der Waals surface area (Å²) in [5.41, 5.74) is 0.428. The second-order valence-corrected chi connectivity index (χ2v) is 9.63. The minimum atomic E-state index is -5.25. The van der Waals surface area contributed by atoms with Crippen molar-refractivity contribution in [1.29, 1.82) is 0 Å². The summed E-state index contributed by atoms with van der Waals surface area (Å²) < 4.78 is 58.4. The molecule has 0 aliphatic carbocycles. The number of phenols is 1. The largest absolute Gasteiger partial charge is 0.296 e. The molecule has 1 heterocycles. The van der Waals surface area contributed by atoms with Crippen LogP contribution in [-0.2, 0) is 18.7 Å². The zero-order valence-electron chi connectivity index (χ0n) is 14.1. The summed E-state index contributed by atoms with van der Waals surface area (Å²) in [7, 11) is -4.10. The Bertz CT molecular complexity index is 961. The molecule has 27 heavy (non-hydrogen) atoms. The molecule has 2 rings (SSSR count). The zero-order valence-corrected chi connectivity index (χ0v) is 17.6. The Kier molecular flexibility index (Phi) is 9.19. The Balaban J connectivity index is 0.000000504. The van der Waals surface area contributed by atoms with Crippen LogP contribution in [0.4, 0.5) is 5.69 Å². The summed E-state index contributed by atoms with van der Waals surface area (Å²) in [5.74, 6) is -0.987. The van der Waals surface area contributed by atoms with Crippen LogP contribution in [0, 0.1) is 6.92 Å². The number of hydrogen-bond acceptors (Lipinski definition) is 6. The van der Waals surface area contributed by atoms with Gasteiger partial charge < -0.3 is 0 Å². The van der Waals surface area contributed by atoms with Gasteiger partial charge in [0.2, 0.25) is 0 Å². The maximum atomic E-state index is 11.1. The summed E-state index contributed by atoms with van der Waals surface area (Å²) in [4.78, 5) is 14.2. The van der Waals surface area contributed by atoms with Gasteiger partial charge in [0.25, 0.3) is 10.1 Å². The standard InChI is InChI=1S/C8H10AsNO5.C6H7NO3S.ClH/c1-5(11)10-6-3-2-4-7(12)8(6)9(13,14)15;1-5-2-3-7-4-6(5)11(8,9)10;/h2-4,12H,1H3,(H,10,11)(H2,13,14,15);2-4H,1H3,(H,8,9,10);1H. The number of carbonyl (C=O) groups excluding carboxylic acids is 1. The molecule has 0 fully saturated rings. The molecular weight excluding hydrogens is 467 g/mol. The van der Waals surface area contributed by atoms with E-state index in [4.69, 9.17) is 12.7 Å². The van der Waals surface area contributed by atoms with Crippen LogP contribution < -0.4 is 9.67 Å². The molecule has 0 saturated carbocycles. The van der Waals surface area contributed by atoms with E-state index in [1.165, 1.54) is 31.3 Å². The Labute approximate surface area is 164 Å². The average Bonchev–Trinajstić information content (AvgIpc) is 2.45. The Hall–Kier alpha value is -1.88. The summed E-state index contributed by atoms with van der Waals surface area (Å²) >= 11 is -5.25. The first-order valence-corrected chi connectivity index (χ1v) is 11.7. The molecule has 2 aromatic rings. The molecule has 0 saturated heterocycles. The minimum Gasteiger partial charge on any atom is -0.282 e. The summed E-state index contributed by atoms with van der Waals surface area (Å²) in [6.45, 7) is 2.80. The van der Waals surface area contributed by atoms with E-state index in [1.54, 1.807) is 6.92 Å². The van der Waals surface area contributed by atoms with E-state index in [2.05, 4.69) is 10.3 Å². The van der Waals surface area contributed by atoms with Gasteiger partial charge in [0.05, 0.1) is 0 Å². The summed E-state index contributed by atoms with van der Waals surface area (Å²) in [6.07, 6.45) is 2.58. The second kappa shape index (κ2) is 9.88. The maximum Gasteiger partial charge on any atom is 0.296 e. The van der Waals surface area contributed by atoms with Gasteiger partial charge in [0, 0.05) is 12.4 Å². The van der Waals surface area contributed by atoms with E-state index in [0.717, 1.165) is 12.3 Å². The topological polar surface area (TPSA) is 174 Å². The molecule has 5 N–H and O–H groups in total. The van der Waals surface area contributed by atoms with Gasteiger partial charge in [-0.15, -0.1) is 12.4 Å². The molecule has 0 aliphatic rings. The molecule has 10 nitrogen and oxygen atoms in total. The number of aromatic hydroxyl groups is 1. The van der Waals surface area contributed by atoms with E-state index in [-0.39, 0.29) is 23.0 Å². The van der Waals surface area contributed by atoms with Crippen molar-refractivity contribution in [3.05, 3.63) is 42.2 Å². The minimum absolute atomic E-state index is 0. The molecule has 1 aromatic heterocycles. The van der Waals surface area contributed by atoms with Gasteiger partial charge >= 0.3 is 88.1 Å². The third-order valence-electron chi connectivity index (χ3n) is 2.89. The zero-order chi connectivity index (χ0) is 20.1.